The van der Waals surface area contributed by atoms with Crippen molar-refractivity contribution in [2.45, 2.75) is 39.3 Å². The summed E-state index contributed by atoms with van der Waals surface area (Å²) in [5.41, 5.74) is 4.46. The van der Waals surface area contributed by atoms with Crippen molar-refractivity contribution < 1.29 is 9.18 Å². The van der Waals surface area contributed by atoms with Gasteiger partial charge < -0.3 is 9.47 Å². The van der Waals surface area contributed by atoms with Crippen LogP contribution in [0.4, 0.5) is 4.39 Å². The first-order chi connectivity index (χ1) is 13.0. The van der Waals surface area contributed by atoms with E-state index in [2.05, 4.69) is 22.5 Å². The van der Waals surface area contributed by atoms with E-state index in [1.165, 1.54) is 29.8 Å². The summed E-state index contributed by atoms with van der Waals surface area (Å²) in [6.45, 7) is 6.56. The Kier molecular flexibility index (Phi) is 5.04. The van der Waals surface area contributed by atoms with Crippen LogP contribution in [0.2, 0.25) is 0 Å². The summed E-state index contributed by atoms with van der Waals surface area (Å²) < 4.78 is 15.2. The summed E-state index contributed by atoms with van der Waals surface area (Å²) in [5, 5.41) is 0. The molecule has 0 N–H and O–H groups in total. The van der Waals surface area contributed by atoms with Crippen LogP contribution in [0, 0.1) is 11.7 Å². The Hall–Kier alpha value is -2.14. The van der Waals surface area contributed by atoms with Gasteiger partial charge >= 0.3 is 0 Å². The Balaban J connectivity index is 1.48. The molecule has 1 amide bonds. The first-order valence-corrected chi connectivity index (χ1v) is 9.95. The van der Waals surface area contributed by atoms with Crippen LogP contribution in [0.1, 0.15) is 47.1 Å². The van der Waals surface area contributed by atoms with Crippen molar-refractivity contribution in [1.82, 2.24) is 14.4 Å². The zero-order valence-electron chi connectivity index (χ0n) is 16.2. The minimum atomic E-state index is -0.196. The SMILES string of the molecule is CC1CCCN(C(=O)c2cc3c(n2C)CCN(Cc2ccc(F)cc2)C3)C1. The van der Waals surface area contributed by atoms with Gasteiger partial charge in [0.05, 0.1) is 0 Å². The lowest BCUT2D eigenvalue weighted by atomic mass is 10.00. The van der Waals surface area contributed by atoms with Crippen LogP contribution in [-0.4, -0.2) is 39.9 Å². The monoisotopic (exact) mass is 369 g/mol. The standard InChI is InChI=1S/C22H28FN3O/c1-16-4-3-10-26(13-16)22(27)21-12-18-15-25(11-9-20(18)24(21)2)14-17-5-7-19(23)8-6-17/h5-8,12,16H,3-4,9-11,13-15H2,1-2H3. The van der Waals surface area contributed by atoms with E-state index >= 15 is 0 Å². The fourth-order valence-corrected chi connectivity index (χ4v) is 4.48. The zero-order chi connectivity index (χ0) is 19.0. The molecule has 1 aromatic heterocycles. The molecular weight excluding hydrogens is 341 g/mol. The second-order valence-electron chi connectivity index (χ2n) is 8.15. The topological polar surface area (TPSA) is 28.5 Å². The number of hydrogen-bond acceptors (Lipinski definition) is 2. The molecule has 4 nitrogen and oxygen atoms in total. The molecule has 0 saturated carbocycles. The number of fused-ring (bicyclic) bond motifs is 1. The normalized spacial score (nSPS) is 20.6. The van der Waals surface area contributed by atoms with E-state index < -0.39 is 0 Å². The van der Waals surface area contributed by atoms with E-state index in [1.54, 1.807) is 0 Å². The number of carbonyl (C=O) groups excluding carboxylic acids is 1. The van der Waals surface area contributed by atoms with Gasteiger partial charge in [-0.15, -0.1) is 0 Å². The van der Waals surface area contributed by atoms with Gasteiger partial charge in [0.15, 0.2) is 0 Å². The molecule has 5 heteroatoms. The highest BCUT2D eigenvalue weighted by Crippen LogP contribution is 2.26. The number of hydrogen-bond donors (Lipinski definition) is 0. The van der Waals surface area contributed by atoms with E-state index in [1.807, 2.05) is 24.1 Å². The van der Waals surface area contributed by atoms with Crippen LogP contribution in [0.25, 0.3) is 0 Å². The average molecular weight is 369 g/mol. The van der Waals surface area contributed by atoms with Crippen molar-refractivity contribution in [3.05, 3.63) is 58.7 Å². The molecule has 3 heterocycles. The van der Waals surface area contributed by atoms with Gasteiger partial charge in [0.1, 0.15) is 11.5 Å². The van der Waals surface area contributed by atoms with Crippen LogP contribution >= 0.6 is 0 Å². The number of aromatic nitrogens is 1. The van der Waals surface area contributed by atoms with Gasteiger partial charge in [0.2, 0.25) is 0 Å². The Bertz CT molecular complexity index is 827. The Morgan fingerprint density at radius 1 is 1.22 bits per heavy atom. The van der Waals surface area contributed by atoms with Crippen LogP contribution in [0.15, 0.2) is 30.3 Å². The van der Waals surface area contributed by atoms with E-state index in [9.17, 15) is 9.18 Å². The largest absolute Gasteiger partial charge is 0.343 e. The Morgan fingerprint density at radius 2 is 2.00 bits per heavy atom. The Labute approximate surface area is 160 Å². The van der Waals surface area contributed by atoms with Crippen molar-refractivity contribution in [2.24, 2.45) is 13.0 Å². The third-order valence-electron chi connectivity index (χ3n) is 5.99. The third-order valence-corrected chi connectivity index (χ3v) is 5.99. The first kappa shape index (κ1) is 18.2. The molecule has 1 fully saturated rings. The summed E-state index contributed by atoms with van der Waals surface area (Å²) in [7, 11) is 2.02. The lowest BCUT2D eigenvalue weighted by molar-refractivity contribution is 0.0673. The van der Waals surface area contributed by atoms with Crippen molar-refractivity contribution in [3.8, 4) is 0 Å². The predicted molar refractivity (Wildman–Crippen MR) is 104 cm³/mol. The highest BCUT2D eigenvalue weighted by Gasteiger charge is 2.28. The second-order valence-corrected chi connectivity index (χ2v) is 8.15. The summed E-state index contributed by atoms with van der Waals surface area (Å²) in [4.78, 5) is 17.4. The molecule has 2 aliphatic rings. The molecule has 4 rings (SSSR count). The fourth-order valence-electron chi connectivity index (χ4n) is 4.48. The molecule has 0 spiro atoms. The van der Waals surface area contributed by atoms with Crippen molar-refractivity contribution >= 4 is 5.91 Å². The maximum atomic E-state index is 13.1. The number of carbonyl (C=O) groups is 1. The summed E-state index contributed by atoms with van der Waals surface area (Å²) in [6.07, 6.45) is 3.25. The number of benzene rings is 1. The van der Waals surface area contributed by atoms with Gasteiger partial charge in [-0.1, -0.05) is 19.1 Å². The number of halogens is 1. The summed E-state index contributed by atoms with van der Waals surface area (Å²) in [5.74, 6) is 0.560. The molecule has 27 heavy (non-hydrogen) atoms. The molecule has 2 aliphatic heterocycles. The van der Waals surface area contributed by atoms with Gasteiger partial charge in [-0.3, -0.25) is 9.69 Å². The van der Waals surface area contributed by atoms with Crippen LogP contribution in [0.5, 0.6) is 0 Å². The molecule has 0 aliphatic carbocycles. The summed E-state index contributed by atoms with van der Waals surface area (Å²) in [6, 6.07) is 8.83. The van der Waals surface area contributed by atoms with Crippen molar-refractivity contribution in [3.63, 3.8) is 0 Å². The number of piperidine rings is 1. The maximum absolute atomic E-state index is 13.1. The number of amides is 1. The van der Waals surface area contributed by atoms with Crippen molar-refractivity contribution in [1.29, 1.82) is 0 Å². The van der Waals surface area contributed by atoms with Gasteiger partial charge in [-0.2, -0.15) is 0 Å². The maximum Gasteiger partial charge on any atom is 0.270 e. The molecule has 0 bridgehead atoms. The highest BCUT2D eigenvalue weighted by molar-refractivity contribution is 5.93. The van der Waals surface area contributed by atoms with Gasteiger partial charge in [0.25, 0.3) is 5.91 Å². The Morgan fingerprint density at radius 3 is 2.74 bits per heavy atom. The third kappa shape index (κ3) is 3.79. The van der Waals surface area contributed by atoms with E-state index in [0.29, 0.717) is 5.92 Å². The minimum Gasteiger partial charge on any atom is -0.343 e. The smallest absolute Gasteiger partial charge is 0.270 e. The number of rotatable bonds is 3. The molecule has 1 unspecified atom stereocenters. The molecule has 0 radical (unpaired) electrons. The van der Waals surface area contributed by atoms with Gasteiger partial charge in [-0.05, 0) is 48.1 Å². The second kappa shape index (κ2) is 7.47. The van der Waals surface area contributed by atoms with Crippen LogP contribution in [0.3, 0.4) is 0 Å². The van der Waals surface area contributed by atoms with Crippen molar-refractivity contribution in [2.75, 3.05) is 19.6 Å². The molecule has 1 atom stereocenters. The predicted octanol–water partition coefficient (Wildman–Crippen LogP) is 3.59. The molecular formula is C22H28FN3O. The quantitative estimate of drug-likeness (QED) is 0.827. The number of nitrogens with zero attached hydrogens (tertiary/aromatic N) is 3. The highest BCUT2D eigenvalue weighted by atomic mass is 19.1. The fraction of sp³-hybridized carbons (Fsp3) is 0.500. The van der Waals surface area contributed by atoms with Crippen LogP contribution < -0.4 is 0 Å². The van der Waals surface area contributed by atoms with Gasteiger partial charge in [-0.25, -0.2) is 4.39 Å². The average Bonchev–Trinajstić information content (AvgIpc) is 2.99. The molecule has 1 aromatic carbocycles. The number of likely N-dealkylation sites (tertiary alicyclic amines) is 1. The first-order valence-electron chi connectivity index (χ1n) is 9.95. The molecule has 1 saturated heterocycles. The lowest BCUT2D eigenvalue weighted by Gasteiger charge is -2.31. The summed E-state index contributed by atoms with van der Waals surface area (Å²) >= 11 is 0. The zero-order valence-corrected chi connectivity index (χ0v) is 16.2. The minimum absolute atomic E-state index is 0.170. The lowest BCUT2D eigenvalue weighted by Crippen LogP contribution is -2.39. The van der Waals surface area contributed by atoms with Crippen LogP contribution in [-0.2, 0) is 26.6 Å². The molecule has 2 aromatic rings. The van der Waals surface area contributed by atoms with E-state index in [4.69, 9.17) is 0 Å². The van der Waals surface area contributed by atoms with E-state index in [-0.39, 0.29) is 11.7 Å². The van der Waals surface area contributed by atoms with E-state index in [0.717, 1.165) is 56.8 Å². The molecule has 144 valence electrons. The van der Waals surface area contributed by atoms with Gasteiger partial charge in [0, 0.05) is 51.9 Å².